The summed E-state index contributed by atoms with van der Waals surface area (Å²) in [7, 11) is 0. The highest BCUT2D eigenvalue weighted by Gasteiger charge is 2.14. The second-order valence-corrected chi connectivity index (χ2v) is 4.40. The number of rotatable bonds is 4. The molecule has 1 aromatic rings. The zero-order chi connectivity index (χ0) is 11.4. The van der Waals surface area contributed by atoms with E-state index in [1.165, 1.54) is 11.3 Å². The monoisotopic (exact) mass is 230 g/mol. The van der Waals surface area contributed by atoms with Gasteiger partial charge in [-0.2, -0.15) is 0 Å². The van der Waals surface area contributed by atoms with Gasteiger partial charge in [-0.3, -0.25) is 4.79 Å². The largest absolute Gasteiger partial charge is 0.394 e. The Kier molecular flexibility index (Phi) is 4.19. The number of carbonyl (C=O) groups is 1. The molecule has 1 aromatic heterocycles. The lowest BCUT2D eigenvalue weighted by Crippen LogP contribution is -2.33. The molecule has 3 N–H and O–H groups in total. The molecule has 0 aromatic carbocycles. The summed E-state index contributed by atoms with van der Waals surface area (Å²) < 4.78 is 0. The van der Waals surface area contributed by atoms with Crippen molar-refractivity contribution in [1.29, 1.82) is 0 Å². The SMILES string of the molecule is Cc1nc(C)c(C(=O)NCC(O)CO)s1. The Balaban J connectivity index is 2.58. The van der Waals surface area contributed by atoms with Crippen molar-refractivity contribution >= 4 is 17.2 Å². The van der Waals surface area contributed by atoms with E-state index in [1.54, 1.807) is 6.92 Å². The Labute approximate surface area is 91.8 Å². The summed E-state index contributed by atoms with van der Waals surface area (Å²) in [6, 6.07) is 0. The first kappa shape index (κ1) is 12.1. The van der Waals surface area contributed by atoms with E-state index in [2.05, 4.69) is 10.3 Å². The molecule has 0 aliphatic carbocycles. The summed E-state index contributed by atoms with van der Waals surface area (Å²) in [5, 5.41) is 21.0. The molecule has 1 unspecified atom stereocenters. The zero-order valence-corrected chi connectivity index (χ0v) is 9.47. The van der Waals surface area contributed by atoms with Gasteiger partial charge >= 0.3 is 0 Å². The summed E-state index contributed by atoms with van der Waals surface area (Å²) in [5.74, 6) is -0.259. The number of nitrogens with zero attached hydrogens (tertiary/aromatic N) is 1. The van der Waals surface area contributed by atoms with Crippen molar-refractivity contribution < 1.29 is 15.0 Å². The molecule has 6 heteroatoms. The molecule has 0 aliphatic heterocycles. The first-order valence-electron chi connectivity index (χ1n) is 4.55. The van der Waals surface area contributed by atoms with E-state index in [0.29, 0.717) is 10.6 Å². The number of aryl methyl sites for hydroxylation is 2. The van der Waals surface area contributed by atoms with E-state index in [-0.39, 0.29) is 19.1 Å². The van der Waals surface area contributed by atoms with Crippen LogP contribution in [-0.4, -0.2) is 40.4 Å². The van der Waals surface area contributed by atoms with Gasteiger partial charge in [0.15, 0.2) is 0 Å². The molecule has 15 heavy (non-hydrogen) atoms. The van der Waals surface area contributed by atoms with Crippen LogP contribution in [0.5, 0.6) is 0 Å². The van der Waals surface area contributed by atoms with Crippen molar-refractivity contribution in [1.82, 2.24) is 10.3 Å². The Hall–Kier alpha value is -0.980. The lowest BCUT2D eigenvalue weighted by Gasteiger charge is -2.07. The molecule has 0 saturated heterocycles. The summed E-state index contributed by atoms with van der Waals surface area (Å²) >= 11 is 1.31. The lowest BCUT2D eigenvalue weighted by molar-refractivity contribution is 0.0804. The lowest BCUT2D eigenvalue weighted by atomic mass is 10.3. The van der Waals surface area contributed by atoms with E-state index >= 15 is 0 Å². The average molecular weight is 230 g/mol. The summed E-state index contributed by atoms with van der Waals surface area (Å²) in [6.07, 6.45) is -0.914. The highest BCUT2D eigenvalue weighted by atomic mass is 32.1. The number of carbonyl (C=O) groups excluding carboxylic acids is 1. The molecule has 1 rings (SSSR count). The Morgan fingerprint density at radius 1 is 1.60 bits per heavy atom. The number of amides is 1. The summed E-state index contributed by atoms with van der Waals surface area (Å²) in [4.78, 5) is 16.2. The van der Waals surface area contributed by atoms with Crippen LogP contribution >= 0.6 is 11.3 Å². The smallest absolute Gasteiger partial charge is 0.263 e. The molecule has 84 valence electrons. The molecule has 0 bridgehead atoms. The number of hydrogen-bond acceptors (Lipinski definition) is 5. The second-order valence-electron chi connectivity index (χ2n) is 3.19. The van der Waals surface area contributed by atoms with E-state index in [4.69, 9.17) is 10.2 Å². The average Bonchev–Trinajstić information content (AvgIpc) is 2.53. The maximum absolute atomic E-state index is 11.6. The van der Waals surface area contributed by atoms with Gasteiger partial charge in [0.1, 0.15) is 4.88 Å². The van der Waals surface area contributed by atoms with Crippen molar-refractivity contribution in [3.8, 4) is 0 Å². The number of nitrogens with one attached hydrogen (secondary N) is 1. The van der Waals surface area contributed by atoms with Crippen molar-refractivity contribution in [2.24, 2.45) is 0 Å². The number of aliphatic hydroxyl groups is 2. The molecule has 0 spiro atoms. The van der Waals surface area contributed by atoms with E-state index in [0.717, 1.165) is 5.01 Å². The molecule has 0 fully saturated rings. The normalized spacial score (nSPS) is 12.5. The standard InChI is InChI=1S/C9H14N2O3S/c1-5-8(15-6(2)11-5)9(14)10-3-7(13)4-12/h7,12-13H,3-4H2,1-2H3,(H,10,14). The summed E-state index contributed by atoms with van der Waals surface area (Å²) in [5.41, 5.74) is 0.688. The van der Waals surface area contributed by atoms with Gasteiger partial charge in [-0.15, -0.1) is 11.3 Å². The van der Waals surface area contributed by atoms with Gasteiger partial charge in [0.05, 0.1) is 23.4 Å². The van der Waals surface area contributed by atoms with Gasteiger partial charge in [-0.1, -0.05) is 0 Å². The second kappa shape index (κ2) is 5.20. The topological polar surface area (TPSA) is 82.5 Å². The fraction of sp³-hybridized carbons (Fsp3) is 0.556. The minimum atomic E-state index is -0.914. The van der Waals surface area contributed by atoms with Crippen LogP contribution in [0.4, 0.5) is 0 Å². The quantitative estimate of drug-likeness (QED) is 0.671. The maximum Gasteiger partial charge on any atom is 0.263 e. The van der Waals surface area contributed by atoms with Crippen LogP contribution in [0.15, 0.2) is 0 Å². The minimum Gasteiger partial charge on any atom is -0.394 e. The van der Waals surface area contributed by atoms with Crippen molar-refractivity contribution in [2.45, 2.75) is 20.0 Å². The van der Waals surface area contributed by atoms with Crippen molar-refractivity contribution in [3.63, 3.8) is 0 Å². The van der Waals surface area contributed by atoms with E-state index < -0.39 is 6.10 Å². The fourth-order valence-electron chi connectivity index (χ4n) is 1.10. The Morgan fingerprint density at radius 2 is 2.27 bits per heavy atom. The van der Waals surface area contributed by atoms with Crippen LogP contribution in [-0.2, 0) is 0 Å². The van der Waals surface area contributed by atoms with Crippen molar-refractivity contribution in [2.75, 3.05) is 13.2 Å². The Morgan fingerprint density at radius 3 is 2.73 bits per heavy atom. The predicted molar refractivity (Wildman–Crippen MR) is 57.0 cm³/mol. The van der Waals surface area contributed by atoms with E-state index in [1.807, 2.05) is 6.92 Å². The fourth-order valence-corrected chi connectivity index (χ4v) is 1.93. The molecule has 0 saturated carbocycles. The van der Waals surface area contributed by atoms with Crippen LogP contribution in [0.3, 0.4) is 0 Å². The Bertz CT molecular complexity index is 351. The van der Waals surface area contributed by atoms with Gasteiger partial charge in [0.2, 0.25) is 0 Å². The van der Waals surface area contributed by atoms with Gasteiger partial charge in [0.25, 0.3) is 5.91 Å². The van der Waals surface area contributed by atoms with Crippen LogP contribution in [0.2, 0.25) is 0 Å². The highest BCUT2D eigenvalue weighted by Crippen LogP contribution is 2.16. The first-order chi connectivity index (χ1) is 7.04. The van der Waals surface area contributed by atoms with Gasteiger partial charge < -0.3 is 15.5 Å². The number of hydrogen-bond donors (Lipinski definition) is 3. The number of thiazole rings is 1. The number of aliphatic hydroxyl groups excluding tert-OH is 2. The minimum absolute atomic E-state index is 0.0473. The van der Waals surface area contributed by atoms with Gasteiger partial charge in [-0.05, 0) is 13.8 Å². The third-order valence-electron chi connectivity index (χ3n) is 1.82. The predicted octanol–water partition coefficient (Wildman–Crippen LogP) is -0.157. The first-order valence-corrected chi connectivity index (χ1v) is 5.37. The van der Waals surface area contributed by atoms with Gasteiger partial charge in [-0.25, -0.2) is 4.98 Å². The molecule has 1 heterocycles. The third-order valence-corrected chi connectivity index (χ3v) is 2.89. The highest BCUT2D eigenvalue weighted by molar-refractivity contribution is 7.13. The third kappa shape index (κ3) is 3.26. The van der Waals surface area contributed by atoms with Crippen LogP contribution in [0, 0.1) is 13.8 Å². The molecule has 1 amide bonds. The van der Waals surface area contributed by atoms with E-state index in [9.17, 15) is 4.79 Å². The van der Waals surface area contributed by atoms with Crippen molar-refractivity contribution in [3.05, 3.63) is 15.6 Å². The molecule has 5 nitrogen and oxygen atoms in total. The maximum atomic E-state index is 11.6. The van der Waals surface area contributed by atoms with Crippen LogP contribution < -0.4 is 5.32 Å². The zero-order valence-electron chi connectivity index (χ0n) is 8.65. The molecule has 0 radical (unpaired) electrons. The van der Waals surface area contributed by atoms with Crippen LogP contribution in [0.25, 0.3) is 0 Å². The van der Waals surface area contributed by atoms with Crippen LogP contribution in [0.1, 0.15) is 20.4 Å². The number of aromatic nitrogens is 1. The molecular formula is C9H14N2O3S. The van der Waals surface area contributed by atoms with Gasteiger partial charge in [0, 0.05) is 6.54 Å². The summed E-state index contributed by atoms with van der Waals surface area (Å²) in [6.45, 7) is 3.28. The molecule has 1 atom stereocenters. The molecule has 0 aliphatic rings. The molecular weight excluding hydrogens is 216 g/mol.